The molecule has 0 aromatic heterocycles. The SMILES string of the molecule is CCC(NC(=O)CC(NC(C)=O)c1ccccc1)C(=O)O. The van der Waals surface area contributed by atoms with Gasteiger partial charge in [0.25, 0.3) is 0 Å². The van der Waals surface area contributed by atoms with Crippen LogP contribution < -0.4 is 10.6 Å². The van der Waals surface area contributed by atoms with Gasteiger partial charge in [0.15, 0.2) is 0 Å². The molecule has 1 aromatic carbocycles. The van der Waals surface area contributed by atoms with Gasteiger partial charge < -0.3 is 15.7 Å². The zero-order valence-corrected chi connectivity index (χ0v) is 12.1. The minimum Gasteiger partial charge on any atom is -0.480 e. The van der Waals surface area contributed by atoms with Crippen LogP contribution in [0, 0.1) is 0 Å². The Morgan fingerprint density at radius 1 is 1.14 bits per heavy atom. The molecule has 0 aliphatic rings. The highest BCUT2D eigenvalue weighted by Crippen LogP contribution is 2.16. The number of carboxylic acid groups (broad SMARTS) is 1. The fourth-order valence-corrected chi connectivity index (χ4v) is 1.96. The van der Waals surface area contributed by atoms with Crippen molar-refractivity contribution in [2.75, 3.05) is 0 Å². The highest BCUT2D eigenvalue weighted by atomic mass is 16.4. The second-order valence-corrected chi connectivity index (χ2v) is 4.73. The smallest absolute Gasteiger partial charge is 0.326 e. The van der Waals surface area contributed by atoms with Crippen molar-refractivity contribution in [3.05, 3.63) is 35.9 Å². The van der Waals surface area contributed by atoms with E-state index in [1.54, 1.807) is 6.92 Å². The normalized spacial score (nSPS) is 13.0. The van der Waals surface area contributed by atoms with Gasteiger partial charge in [0.05, 0.1) is 12.5 Å². The molecule has 0 fully saturated rings. The minimum absolute atomic E-state index is 0.00657. The molecule has 2 atom stereocenters. The lowest BCUT2D eigenvalue weighted by molar-refractivity contribution is -0.142. The molecule has 0 aliphatic heterocycles. The molecule has 0 saturated heterocycles. The summed E-state index contributed by atoms with van der Waals surface area (Å²) < 4.78 is 0. The van der Waals surface area contributed by atoms with E-state index in [4.69, 9.17) is 5.11 Å². The Morgan fingerprint density at radius 3 is 2.24 bits per heavy atom. The number of amides is 2. The van der Waals surface area contributed by atoms with E-state index in [1.807, 2.05) is 30.3 Å². The van der Waals surface area contributed by atoms with Crippen molar-refractivity contribution in [3.8, 4) is 0 Å². The predicted molar refractivity (Wildman–Crippen MR) is 77.5 cm³/mol. The lowest BCUT2D eigenvalue weighted by Gasteiger charge is -2.19. The second-order valence-electron chi connectivity index (χ2n) is 4.73. The van der Waals surface area contributed by atoms with Gasteiger partial charge in [0.1, 0.15) is 6.04 Å². The Hall–Kier alpha value is -2.37. The van der Waals surface area contributed by atoms with Crippen molar-refractivity contribution in [2.45, 2.75) is 38.8 Å². The monoisotopic (exact) mass is 292 g/mol. The zero-order chi connectivity index (χ0) is 15.8. The van der Waals surface area contributed by atoms with Crippen LogP contribution in [0.4, 0.5) is 0 Å². The lowest BCUT2D eigenvalue weighted by Crippen LogP contribution is -2.42. The lowest BCUT2D eigenvalue weighted by atomic mass is 10.0. The maximum Gasteiger partial charge on any atom is 0.326 e. The summed E-state index contributed by atoms with van der Waals surface area (Å²) in [6.45, 7) is 3.06. The summed E-state index contributed by atoms with van der Waals surface area (Å²) in [6, 6.07) is 7.69. The molecule has 1 aromatic rings. The highest BCUT2D eigenvalue weighted by Gasteiger charge is 2.21. The van der Waals surface area contributed by atoms with Crippen LogP contribution in [0.3, 0.4) is 0 Å². The van der Waals surface area contributed by atoms with E-state index in [2.05, 4.69) is 10.6 Å². The largest absolute Gasteiger partial charge is 0.480 e. The number of hydrogen-bond donors (Lipinski definition) is 3. The predicted octanol–water partition coefficient (Wildman–Crippen LogP) is 1.23. The standard InChI is InChI=1S/C15H20N2O4/c1-3-12(15(20)21)17-14(19)9-13(16-10(2)18)11-7-5-4-6-8-11/h4-8,12-13H,3,9H2,1-2H3,(H,16,18)(H,17,19)(H,20,21). The summed E-state index contributed by atoms with van der Waals surface area (Å²) in [5, 5.41) is 14.1. The van der Waals surface area contributed by atoms with Gasteiger partial charge in [0.2, 0.25) is 11.8 Å². The third kappa shape index (κ3) is 5.64. The van der Waals surface area contributed by atoms with E-state index in [1.165, 1.54) is 6.92 Å². The Bertz CT molecular complexity index is 502. The van der Waals surface area contributed by atoms with Crippen molar-refractivity contribution in [3.63, 3.8) is 0 Å². The summed E-state index contributed by atoms with van der Waals surface area (Å²) in [5.74, 6) is -1.73. The number of carbonyl (C=O) groups excluding carboxylic acids is 2. The first-order chi connectivity index (χ1) is 9.93. The van der Waals surface area contributed by atoms with Gasteiger partial charge in [-0.25, -0.2) is 4.79 Å². The summed E-state index contributed by atoms with van der Waals surface area (Å²) in [7, 11) is 0. The van der Waals surface area contributed by atoms with Crippen molar-refractivity contribution in [2.24, 2.45) is 0 Å². The fourth-order valence-electron chi connectivity index (χ4n) is 1.96. The molecular formula is C15H20N2O4. The van der Waals surface area contributed by atoms with Gasteiger partial charge in [-0.3, -0.25) is 9.59 Å². The van der Waals surface area contributed by atoms with Crippen LogP contribution in [0.1, 0.15) is 38.3 Å². The van der Waals surface area contributed by atoms with Gasteiger partial charge >= 0.3 is 5.97 Å². The van der Waals surface area contributed by atoms with Crippen molar-refractivity contribution < 1.29 is 19.5 Å². The summed E-state index contributed by atoms with van der Waals surface area (Å²) in [6.07, 6.45) is 0.296. The molecule has 0 saturated carbocycles. The summed E-state index contributed by atoms with van der Waals surface area (Å²) in [5.41, 5.74) is 0.797. The molecule has 21 heavy (non-hydrogen) atoms. The topological polar surface area (TPSA) is 95.5 Å². The molecular weight excluding hydrogens is 272 g/mol. The molecule has 6 heteroatoms. The molecule has 6 nitrogen and oxygen atoms in total. The van der Waals surface area contributed by atoms with Crippen molar-refractivity contribution >= 4 is 17.8 Å². The molecule has 0 spiro atoms. The number of rotatable bonds is 7. The van der Waals surface area contributed by atoms with E-state index < -0.39 is 24.0 Å². The van der Waals surface area contributed by atoms with E-state index >= 15 is 0 Å². The Morgan fingerprint density at radius 2 is 1.76 bits per heavy atom. The molecule has 0 heterocycles. The van der Waals surface area contributed by atoms with Gasteiger partial charge in [-0.05, 0) is 12.0 Å². The summed E-state index contributed by atoms with van der Waals surface area (Å²) >= 11 is 0. The number of benzene rings is 1. The van der Waals surface area contributed by atoms with Crippen LogP contribution >= 0.6 is 0 Å². The van der Waals surface area contributed by atoms with Gasteiger partial charge in [-0.1, -0.05) is 37.3 Å². The maximum absolute atomic E-state index is 12.0. The molecule has 0 radical (unpaired) electrons. The highest BCUT2D eigenvalue weighted by molar-refractivity contribution is 5.84. The average Bonchev–Trinajstić information content (AvgIpc) is 2.44. The zero-order valence-electron chi connectivity index (χ0n) is 12.1. The molecule has 2 unspecified atom stereocenters. The van der Waals surface area contributed by atoms with Crippen LogP contribution in [0.15, 0.2) is 30.3 Å². The van der Waals surface area contributed by atoms with Gasteiger partial charge in [-0.2, -0.15) is 0 Å². The molecule has 3 N–H and O–H groups in total. The Balaban J connectivity index is 2.75. The molecule has 0 bridgehead atoms. The van der Waals surface area contributed by atoms with Crippen LogP contribution in [0.25, 0.3) is 0 Å². The number of aliphatic carboxylic acids is 1. The van der Waals surface area contributed by atoms with Crippen LogP contribution in [0.2, 0.25) is 0 Å². The van der Waals surface area contributed by atoms with E-state index in [9.17, 15) is 14.4 Å². The first-order valence-electron chi connectivity index (χ1n) is 6.78. The maximum atomic E-state index is 12.0. The average molecular weight is 292 g/mol. The minimum atomic E-state index is -1.07. The van der Waals surface area contributed by atoms with Crippen LogP contribution in [0.5, 0.6) is 0 Å². The summed E-state index contributed by atoms with van der Waals surface area (Å²) in [4.78, 5) is 34.1. The number of carbonyl (C=O) groups is 3. The van der Waals surface area contributed by atoms with E-state index in [0.717, 1.165) is 5.56 Å². The Kier molecular flexibility index (Phi) is 6.39. The first kappa shape index (κ1) is 16.7. The molecule has 2 amide bonds. The Labute approximate surface area is 123 Å². The van der Waals surface area contributed by atoms with Crippen molar-refractivity contribution in [1.29, 1.82) is 0 Å². The third-order valence-electron chi connectivity index (χ3n) is 3.01. The fraction of sp³-hybridized carbons (Fsp3) is 0.400. The second kappa shape index (κ2) is 8.04. The van der Waals surface area contributed by atoms with Crippen LogP contribution in [-0.4, -0.2) is 28.9 Å². The quantitative estimate of drug-likeness (QED) is 0.704. The molecule has 1 rings (SSSR count). The number of nitrogens with one attached hydrogen (secondary N) is 2. The number of carboxylic acids is 1. The third-order valence-corrected chi connectivity index (χ3v) is 3.01. The first-order valence-corrected chi connectivity index (χ1v) is 6.78. The van der Waals surface area contributed by atoms with E-state index in [0.29, 0.717) is 6.42 Å². The van der Waals surface area contributed by atoms with Crippen LogP contribution in [-0.2, 0) is 14.4 Å². The van der Waals surface area contributed by atoms with Crippen molar-refractivity contribution in [1.82, 2.24) is 10.6 Å². The van der Waals surface area contributed by atoms with Gasteiger partial charge in [0, 0.05) is 6.92 Å². The van der Waals surface area contributed by atoms with E-state index in [-0.39, 0.29) is 12.3 Å². The molecule has 114 valence electrons. The van der Waals surface area contributed by atoms with Gasteiger partial charge in [-0.15, -0.1) is 0 Å². The number of hydrogen-bond acceptors (Lipinski definition) is 3. The molecule has 0 aliphatic carbocycles.